The Morgan fingerprint density at radius 2 is 1.70 bits per heavy atom. The first-order chi connectivity index (χ1) is 3.85. The maximum atomic E-state index is 11.3. The molecule has 10 heavy (non-hydrogen) atoms. The molecule has 0 aromatic carbocycles. The molecule has 0 saturated heterocycles. The Balaban J connectivity index is 0. The smallest absolute Gasteiger partial charge is 0.386 e. The second-order valence-corrected chi connectivity index (χ2v) is 1.64. The van der Waals surface area contributed by atoms with Crippen LogP contribution in [-0.4, -0.2) is 23.1 Å². The maximum absolute atomic E-state index is 11.3. The molecule has 0 aromatic rings. The van der Waals surface area contributed by atoms with Gasteiger partial charge in [0.05, 0.1) is 0 Å². The van der Waals surface area contributed by atoms with E-state index < -0.39 is 17.6 Å². The summed E-state index contributed by atoms with van der Waals surface area (Å²) in [6.45, 7) is 0. The van der Waals surface area contributed by atoms with Crippen LogP contribution in [-0.2, 0) is 4.79 Å². The number of hydrogen-bond donors (Lipinski definition) is 0. The van der Waals surface area contributed by atoms with Gasteiger partial charge in [-0.1, -0.05) is 0 Å². The van der Waals surface area contributed by atoms with Gasteiger partial charge in [0.2, 0.25) is 0 Å². The summed E-state index contributed by atoms with van der Waals surface area (Å²) in [4.78, 5) is 9.53. The van der Waals surface area contributed by atoms with E-state index in [1.807, 2.05) is 0 Å². The van der Waals surface area contributed by atoms with E-state index in [0.717, 1.165) is 0 Å². The van der Waals surface area contributed by atoms with Crippen LogP contribution in [0, 0.1) is 0 Å². The van der Waals surface area contributed by atoms with E-state index >= 15 is 0 Å². The van der Waals surface area contributed by atoms with Crippen LogP contribution in [0.3, 0.4) is 0 Å². The third-order valence-electron chi connectivity index (χ3n) is 0.478. The van der Waals surface area contributed by atoms with E-state index in [2.05, 4.69) is 11.6 Å². The van der Waals surface area contributed by atoms with Crippen LogP contribution in [0.2, 0.25) is 0 Å². The lowest BCUT2D eigenvalue weighted by Gasteiger charge is -2.02. The lowest BCUT2D eigenvalue weighted by Crippen LogP contribution is -2.27. The summed E-state index contributed by atoms with van der Waals surface area (Å²) in [5, 5.41) is -4.44. The van der Waals surface area contributed by atoms with Gasteiger partial charge in [-0.05, 0) is 11.6 Å². The number of rotatable bonds is 2. The van der Waals surface area contributed by atoms with Crippen molar-refractivity contribution in [2.75, 3.05) is 0 Å². The van der Waals surface area contributed by atoms with E-state index in [1.165, 1.54) is 0 Å². The van der Waals surface area contributed by atoms with Crippen molar-refractivity contribution in [3.05, 3.63) is 0 Å². The quantitative estimate of drug-likeness (QED) is 0.461. The molecule has 7 heteroatoms. The highest BCUT2D eigenvalue weighted by Crippen LogP contribution is 2.22. The van der Waals surface area contributed by atoms with Gasteiger partial charge >= 0.3 is 11.8 Å². The first kappa shape index (κ1) is 12.3. The minimum atomic E-state index is -4.44. The second-order valence-electron chi connectivity index (χ2n) is 1.16. The summed E-state index contributed by atoms with van der Waals surface area (Å²) in [5.41, 5.74) is 0. The van der Waals surface area contributed by atoms with Gasteiger partial charge in [-0.25, -0.2) is 8.78 Å². The van der Waals surface area contributed by atoms with Gasteiger partial charge < -0.3 is 5.48 Å². The number of carbonyl (C=O) groups excluding carboxylic acids is 1. The van der Waals surface area contributed by atoms with Crippen molar-refractivity contribution in [1.82, 2.24) is 0 Å². The predicted molar refractivity (Wildman–Crippen MR) is 25.4 cm³/mol. The zero-order valence-electron chi connectivity index (χ0n) is 4.38. The molecule has 0 saturated carbocycles. The van der Waals surface area contributed by atoms with Crippen LogP contribution in [0.25, 0.3) is 0 Å². The summed E-state index contributed by atoms with van der Waals surface area (Å²) < 4.78 is 44.6. The molecule has 0 atom stereocenters. The Bertz CT molecular complexity index is 120. The maximum Gasteiger partial charge on any atom is 0.386 e. The molecule has 2 nitrogen and oxygen atoms in total. The van der Waals surface area contributed by atoms with Crippen LogP contribution in [0.15, 0.2) is 0 Å². The van der Waals surface area contributed by atoms with Gasteiger partial charge in [0, 0.05) is 0 Å². The Labute approximate surface area is 58.1 Å². The minimum absolute atomic E-state index is 0. The standard InChI is InChI=1S/C3HClF4O.H2O/c4-3(7,8)1(9)2(5)6;/h2H;1H2. The Kier molecular flexibility index (Phi) is 4.59. The molecule has 0 amide bonds. The molecule has 62 valence electrons. The zero-order chi connectivity index (χ0) is 7.65. The summed E-state index contributed by atoms with van der Waals surface area (Å²) in [7, 11) is 0. The molecule has 0 fully saturated rings. The third-order valence-corrected chi connectivity index (χ3v) is 0.664. The van der Waals surface area contributed by atoms with E-state index in [9.17, 15) is 22.4 Å². The van der Waals surface area contributed by atoms with Gasteiger partial charge in [-0.15, -0.1) is 0 Å². The fourth-order valence-electron chi connectivity index (χ4n) is 0.124. The minimum Gasteiger partial charge on any atom is -0.412 e. The number of Topliss-reactive ketones (excluding diaryl/α,β-unsaturated/α-hetero) is 1. The highest BCUT2D eigenvalue weighted by molar-refractivity contribution is 6.32. The molecule has 0 bridgehead atoms. The molecule has 0 aliphatic heterocycles. The number of alkyl halides is 5. The predicted octanol–water partition coefficient (Wildman–Crippen LogP) is 0.827. The second kappa shape index (κ2) is 3.72. The third kappa shape index (κ3) is 3.62. The average Bonchev–Trinajstić information content (AvgIpc) is 1.62. The molecule has 0 rings (SSSR count). The van der Waals surface area contributed by atoms with Gasteiger partial charge in [0.25, 0.3) is 5.78 Å². The molecule has 0 radical (unpaired) electrons. The lowest BCUT2D eigenvalue weighted by molar-refractivity contribution is -0.144. The molecule has 2 N–H and O–H groups in total. The average molecular weight is 182 g/mol. The highest BCUT2D eigenvalue weighted by Gasteiger charge is 2.41. The fraction of sp³-hybridized carbons (Fsp3) is 0.667. The van der Waals surface area contributed by atoms with E-state index in [4.69, 9.17) is 0 Å². The fourth-order valence-corrected chi connectivity index (χ4v) is 0.206. The molecular formula is C3H3ClF4O2. The summed E-state index contributed by atoms with van der Waals surface area (Å²) in [6.07, 6.45) is -3.71. The van der Waals surface area contributed by atoms with E-state index in [-0.39, 0.29) is 5.48 Å². The van der Waals surface area contributed by atoms with Crippen molar-refractivity contribution in [3.8, 4) is 0 Å². The van der Waals surface area contributed by atoms with Crippen molar-refractivity contribution in [3.63, 3.8) is 0 Å². The van der Waals surface area contributed by atoms with Crippen molar-refractivity contribution in [2.45, 2.75) is 11.8 Å². The van der Waals surface area contributed by atoms with Crippen LogP contribution < -0.4 is 0 Å². The number of halogens is 5. The van der Waals surface area contributed by atoms with E-state index in [0.29, 0.717) is 0 Å². The molecule has 0 unspecified atom stereocenters. The van der Waals surface area contributed by atoms with Crippen LogP contribution in [0.4, 0.5) is 17.6 Å². The Morgan fingerprint density at radius 1 is 1.40 bits per heavy atom. The first-order valence-corrected chi connectivity index (χ1v) is 2.12. The Hall–Kier alpha value is -0.360. The molecule has 0 heterocycles. The normalized spacial score (nSPS) is 11.0. The van der Waals surface area contributed by atoms with Crippen molar-refractivity contribution < 1.29 is 27.8 Å². The summed E-state index contributed by atoms with van der Waals surface area (Å²) in [5.74, 6) is -2.57. The number of ketones is 1. The molecule has 0 spiro atoms. The van der Waals surface area contributed by atoms with Crippen molar-refractivity contribution >= 4 is 17.4 Å². The highest BCUT2D eigenvalue weighted by atomic mass is 35.5. The van der Waals surface area contributed by atoms with Crippen LogP contribution in [0.5, 0.6) is 0 Å². The van der Waals surface area contributed by atoms with Gasteiger partial charge in [0.1, 0.15) is 0 Å². The Morgan fingerprint density at radius 3 is 1.70 bits per heavy atom. The van der Waals surface area contributed by atoms with Crippen LogP contribution >= 0.6 is 11.6 Å². The van der Waals surface area contributed by atoms with Crippen LogP contribution in [0.1, 0.15) is 0 Å². The monoisotopic (exact) mass is 182 g/mol. The van der Waals surface area contributed by atoms with Gasteiger partial charge in [-0.3, -0.25) is 4.79 Å². The molecular weight excluding hydrogens is 179 g/mol. The van der Waals surface area contributed by atoms with Crippen molar-refractivity contribution in [2.24, 2.45) is 0 Å². The topological polar surface area (TPSA) is 48.6 Å². The molecule has 0 aliphatic rings. The van der Waals surface area contributed by atoms with E-state index in [1.54, 1.807) is 0 Å². The summed E-state index contributed by atoms with van der Waals surface area (Å²) >= 11 is 3.92. The zero-order valence-corrected chi connectivity index (χ0v) is 5.13. The largest absolute Gasteiger partial charge is 0.412 e. The molecule has 0 aliphatic carbocycles. The first-order valence-electron chi connectivity index (χ1n) is 1.75. The van der Waals surface area contributed by atoms with Crippen molar-refractivity contribution in [1.29, 1.82) is 0 Å². The van der Waals surface area contributed by atoms with Gasteiger partial charge in [-0.2, -0.15) is 8.78 Å². The SMILES string of the molecule is O.O=C(C(F)F)C(F)(F)Cl. The summed E-state index contributed by atoms with van der Waals surface area (Å²) in [6, 6.07) is 0. The lowest BCUT2D eigenvalue weighted by atomic mass is 10.4. The number of hydrogen-bond acceptors (Lipinski definition) is 1. The molecule has 0 aromatic heterocycles. The van der Waals surface area contributed by atoms with Gasteiger partial charge in [0.15, 0.2) is 0 Å². The number of carbonyl (C=O) groups is 1.